The van der Waals surface area contributed by atoms with Crippen molar-refractivity contribution in [3.63, 3.8) is 0 Å². The second-order valence-electron chi connectivity index (χ2n) is 3.80. The van der Waals surface area contributed by atoms with Crippen LogP contribution in [0, 0.1) is 5.92 Å². The predicted octanol–water partition coefficient (Wildman–Crippen LogP) is -0.221. The van der Waals surface area contributed by atoms with Crippen LogP contribution in [0.25, 0.3) is 0 Å². The molecule has 0 spiro atoms. The molecule has 1 aliphatic heterocycles. The Hall–Kier alpha value is -1.10. The molecule has 1 aliphatic rings. The number of methoxy groups -OCH3 is 1. The van der Waals surface area contributed by atoms with Crippen LogP contribution >= 0.6 is 0 Å². The normalized spacial score (nSPS) is 22.6. The van der Waals surface area contributed by atoms with Crippen LogP contribution in [0.4, 0.5) is 0 Å². The number of carbonyl (C=O) groups excluding carboxylic acids is 2. The molecule has 0 aromatic heterocycles. The molecule has 1 N–H and O–H groups in total. The van der Waals surface area contributed by atoms with E-state index in [1.54, 1.807) is 6.92 Å². The molecule has 0 aromatic carbocycles. The van der Waals surface area contributed by atoms with Crippen LogP contribution in [0.2, 0.25) is 0 Å². The van der Waals surface area contributed by atoms with Gasteiger partial charge in [0.25, 0.3) is 0 Å². The first-order valence-electron chi connectivity index (χ1n) is 5.11. The van der Waals surface area contributed by atoms with Crippen LogP contribution in [0.1, 0.15) is 19.8 Å². The van der Waals surface area contributed by atoms with E-state index < -0.39 is 12.0 Å². The van der Waals surface area contributed by atoms with Gasteiger partial charge in [-0.05, 0) is 12.8 Å². The number of carbonyl (C=O) groups is 2. The number of ether oxygens (including phenoxy) is 1. The summed E-state index contributed by atoms with van der Waals surface area (Å²) in [5.41, 5.74) is 0. The van der Waals surface area contributed by atoms with Gasteiger partial charge in [0.2, 0.25) is 5.91 Å². The Morgan fingerprint density at radius 1 is 1.60 bits per heavy atom. The number of amides is 1. The Morgan fingerprint density at radius 2 is 2.27 bits per heavy atom. The summed E-state index contributed by atoms with van der Waals surface area (Å²) >= 11 is 0. The summed E-state index contributed by atoms with van der Waals surface area (Å²) in [6, 6.07) is -0.462. The van der Waals surface area contributed by atoms with E-state index >= 15 is 0 Å². The number of hydrogen-bond donors (Lipinski definition) is 1. The van der Waals surface area contributed by atoms with Crippen molar-refractivity contribution in [1.29, 1.82) is 0 Å². The largest absolute Gasteiger partial charge is 0.467 e. The van der Waals surface area contributed by atoms with E-state index in [0.717, 1.165) is 6.42 Å². The van der Waals surface area contributed by atoms with Gasteiger partial charge < -0.3 is 14.7 Å². The van der Waals surface area contributed by atoms with E-state index in [9.17, 15) is 9.59 Å². The average Bonchev–Trinajstić information content (AvgIpc) is 2.74. The Labute approximate surface area is 89.0 Å². The lowest BCUT2D eigenvalue weighted by atomic mass is 10.1. The highest BCUT2D eigenvalue weighted by Gasteiger charge is 2.36. The molecule has 0 unspecified atom stereocenters. The molecule has 1 rings (SSSR count). The lowest BCUT2D eigenvalue weighted by Gasteiger charge is -2.24. The molecule has 5 heteroatoms. The number of likely N-dealkylation sites (tertiary alicyclic amines) is 1. The molecule has 0 radical (unpaired) electrons. The fourth-order valence-electron chi connectivity index (χ4n) is 1.77. The van der Waals surface area contributed by atoms with E-state index in [0.29, 0.717) is 13.0 Å². The molecular formula is C10H17NO4. The number of hydrogen-bond acceptors (Lipinski definition) is 4. The van der Waals surface area contributed by atoms with Gasteiger partial charge in [0.15, 0.2) is 0 Å². The van der Waals surface area contributed by atoms with E-state index in [-0.39, 0.29) is 18.5 Å². The molecule has 0 bridgehead atoms. The van der Waals surface area contributed by atoms with Gasteiger partial charge in [0.05, 0.1) is 19.6 Å². The maximum absolute atomic E-state index is 11.8. The maximum Gasteiger partial charge on any atom is 0.328 e. The fourth-order valence-corrected chi connectivity index (χ4v) is 1.77. The molecule has 0 aromatic rings. The zero-order chi connectivity index (χ0) is 11.4. The van der Waals surface area contributed by atoms with Crippen molar-refractivity contribution < 1.29 is 19.4 Å². The third kappa shape index (κ3) is 2.47. The lowest BCUT2D eigenvalue weighted by molar-refractivity contribution is -0.152. The van der Waals surface area contributed by atoms with Gasteiger partial charge in [-0.15, -0.1) is 0 Å². The van der Waals surface area contributed by atoms with Crippen molar-refractivity contribution >= 4 is 11.9 Å². The highest BCUT2D eigenvalue weighted by Crippen LogP contribution is 2.20. The Kier molecular flexibility index (Phi) is 4.08. The monoisotopic (exact) mass is 215 g/mol. The first kappa shape index (κ1) is 12.0. The van der Waals surface area contributed by atoms with Gasteiger partial charge in [-0.2, -0.15) is 0 Å². The molecule has 1 amide bonds. The van der Waals surface area contributed by atoms with Crippen molar-refractivity contribution in [2.24, 2.45) is 5.92 Å². The molecule has 0 saturated carbocycles. The number of aliphatic hydroxyl groups excluding tert-OH is 1. The Morgan fingerprint density at radius 3 is 2.80 bits per heavy atom. The zero-order valence-corrected chi connectivity index (χ0v) is 9.10. The minimum Gasteiger partial charge on any atom is -0.467 e. The van der Waals surface area contributed by atoms with E-state index in [4.69, 9.17) is 5.11 Å². The van der Waals surface area contributed by atoms with Crippen LogP contribution in [0.3, 0.4) is 0 Å². The molecule has 86 valence electrons. The summed E-state index contributed by atoms with van der Waals surface area (Å²) in [6.07, 6.45) is 1.46. The molecule has 15 heavy (non-hydrogen) atoms. The number of esters is 1. The van der Waals surface area contributed by atoms with Gasteiger partial charge in [-0.1, -0.05) is 6.92 Å². The van der Waals surface area contributed by atoms with Crippen LogP contribution in [-0.2, 0) is 14.3 Å². The van der Waals surface area contributed by atoms with Crippen molar-refractivity contribution in [3.8, 4) is 0 Å². The highest BCUT2D eigenvalue weighted by molar-refractivity contribution is 5.86. The van der Waals surface area contributed by atoms with Crippen LogP contribution in [0.15, 0.2) is 0 Å². The van der Waals surface area contributed by atoms with Crippen molar-refractivity contribution in [2.75, 3.05) is 20.3 Å². The SMILES string of the molecule is COC(=O)[C@@H]1CCCN1C(=O)[C@@H](C)CO. The summed E-state index contributed by atoms with van der Waals surface area (Å²) in [6.45, 7) is 2.03. The molecule has 1 fully saturated rings. The van der Waals surface area contributed by atoms with Gasteiger partial charge in [0, 0.05) is 6.54 Å². The minimum atomic E-state index is -0.462. The van der Waals surface area contributed by atoms with Crippen LogP contribution in [-0.4, -0.2) is 48.2 Å². The average molecular weight is 215 g/mol. The van der Waals surface area contributed by atoms with Crippen molar-refractivity contribution in [2.45, 2.75) is 25.8 Å². The summed E-state index contributed by atoms with van der Waals surface area (Å²) in [7, 11) is 1.32. The van der Waals surface area contributed by atoms with Gasteiger partial charge in [-0.25, -0.2) is 4.79 Å². The third-order valence-electron chi connectivity index (χ3n) is 2.70. The Balaban J connectivity index is 2.68. The zero-order valence-electron chi connectivity index (χ0n) is 9.10. The highest BCUT2D eigenvalue weighted by atomic mass is 16.5. The fraction of sp³-hybridized carbons (Fsp3) is 0.800. The second kappa shape index (κ2) is 5.11. The lowest BCUT2D eigenvalue weighted by Crippen LogP contribution is -2.44. The molecule has 5 nitrogen and oxygen atoms in total. The van der Waals surface area contributed by atoms with Crippen molar-refractivity contribution in [1.82, 2.24) is 4.90 Å². The summed E-state index contributed by atoms with van der Waals surface area (Å²) in [5, 5.41) is 8.88. The van der Waals surface area contributed by atoms with E-state index in [2.05, 4.69) is 4.74 Å². The molecule has 1 heterocycles. The first-order chi connectivity index (χ1) is 7.11. The van der Waals surface area contributed by atoms with Crippen LogP contribution < -0.4 is 0 Å². The standard InChI is InChI=1S/C10H17NO4/c1-7(6-12)9(13)11-5-3-4-8(11)10(14)15-2/h7-8,12H,3-6H2,1-2H3/t7-,8-/m0/s1. The van der Waals surface area contributed by atoms with E-state index in [1.807, 2.05) is 0 Å². The number of rotatable bonds is 3. The molecule has 0 aliphatic carbocycles. The number of aliphatic hydroxyl groups is 1. The smallest absolute Gasteiger partial charge is 0.328 e. The maximum atomic E-state index is 11.8. The van der Waals surface area contributed by atoms with Gasteiger partial charge in [-0.3, -0.25) is 4.79 Å². The number of nitrogens with zero attached hydrogens (tertiary/aromatic N) is 1. The topological polar surface area (TPSA) is 66.8 Å². The molecular weight excluding hydrogens is 198 g/mol. The van der Waals surface area contributed by atoms with Gasteiger partial charge >= 0.3 is 5.97 Å². The van der Waals surface area contributed by atoms with Crippen molar-refractivity contribution in [3.05, 3.63) is 0 Å². The van der Waals surface area contributed by atoms with Crippen LogP contribution in [0.5, 0.6) is 0 Å². The third-order valence-corrected chi connectivity index (χ3v) is 2.70. The summed E-state index contributed by atoms with van der Waals surface area (Å²) in [5.74, 6) is -0.994. The minimum absolute atomic E-state index is 0.176. The quantitative estimate of drug-likeness (QED) is 0.661. The summed E-state index contributed by atoms with van der Waals surface area (Å²) < 4.78 is 4.63. The molecule has 1 saturated heterocycles. The molecule has 2 atom stereocenters. The Bertz CT molecular complexity index is 254. The predicted molar refractivity (Wildman–Crippen MR) is 53.0 cm³/mol. The summed E-state index contributed by atoms with van der Waals surface area (Å²) in [4.78, 5) is 24.6. The first-order valence-corrected chi connectivity index (χ1v) is 5.11. The van der Waals surface area contributed by atoms with Gasteiger partial charge in [0.1, 0.15) is 6.04 Å². The second-order valence-corrected chi connectivity index (χ2v) is 3.80. The van der Waals surface area contributed by atoms with E-state index in [1.165, 1.54) is 12.0 Å².